The Morgan fingerprint density at radius 3 is 2.68 bits per heavy atom. The maximum atomic E-state index is 13.3. The normalized spacial score (nSPS) is 11.8. The van der Waals surface area contributed by atoms with Gasteiger partial charge in [0, 0.05) is 6.07 Å². The molecule has 0 spiro atoms. The highest BCUT2D eigenvalue weighted by molar-refractivity contribution is 8.01. The van der Waals surface area contributed by atoms with E-state index in [0.717, 1.165) is 23.9 Å². The minimum Gasteiger partial charge on any atom is -0.468 e. The topological polar surface area (TPSA) is 55.4 Å². The third-order valence-corrected chi connectivity index (χ3v) is 3.32. The van der Waals surface area contributed by atoms with Crippen molar-refractivity contribution < 1.29 is 23.1 Å². The number of methoxy groups -OCH3 is 1. The van der Waals surface area contributed by atoms with Gasteiger partial charge in [0.15, 0.2) is 0 Å². The summed E-state index contributed by atoms with van der Waals surface area (Å²) in [5.41, 5.74) is -0.0993. The SMILES string of the molecule is COC(=O)C(C)SCC(=O)Nc1ccc(F)cc1F. The Balaban J connectivity index is 2.49. The maximum absolute atomic E-state index is 13.3. The summed E-state index contributed by atoms with van der Waals surface area (Å²) in [4.78, 5) is 22.6. The first-order valence-corrected chi connectivity index (χ1v) is 6.43. The molecule has 1 N–H and O–H groups in total. The van der Waals surface area contributed by atoms with Crippen LogP contribution in [0.1, 0.15) is 6.92 Å². The number of benzene rings is 1. The molecular formula is C12H13F2NO3S. The number of anilines is 1. The Labute approximate surface area is 113 Å². The molecule has 4 nitrogen and oxygen atoms in total. The van der Waals surface area contributed by atoms with E-state index in [4.69, 9.17) is 0 Å². The molecule has 0 fully saturated rings. The zero-order valence-electron chi connectivity index (χ0n) is 10.4. The lowest BCUT2D eigenvalue weighted by atomic mass is 10.3. The molecule has 0 aliphatic rings. The molecule has 1 aromatic rings. The van der Waals surface area contributed by atoms with Crippen molar-refractivity contribution >= 4 is 29.3 Å². The first kappa shape index (κ1) is 15.4. The molecule has 0 saturated heterocycles. The largest absolute Gasteiger partial charge is 0.468 e. The van der Waals surface area contributed by atoms with Gasteiger partial charge in [0.05, 0.1) is 18.6 Å². The van der Waals surface area contributed by atoms with Gasteiger partial charge in [0.2, 0.25) is 5.91 Å². The smallest absolute Gasteiger partial charge is 0.318 e. The number of carbonyl (C=O) groups is 2. The fourth-order valence-electron chi connectivity index (χ4n) is 1.21. The number of esters is 1. The van der Waals surface area contributed by atoms with Crippen molar-refractivity contribution in [2.75, 3.05) is 18.2 Å². The van der Waals surface area contributed by atoms with Crippen molar-refractivity contribution in [2.45, 2.75) is 12.2 Å². The quantitative estimate of drug-likeness (QED) is 0.844. The highest BCUT2D eigenvalue weighted by Crippen LogP contribution is 2.16. The second-order valence-corrected chi connectivity index (χ2v) is 4.98. The molecular weight excluding hydrogens is 276 g/mol. The van der Waals surface area contributed by atoms with E-state index in [-0.39, 0.29) is 11.4 Å². The average molecular weight is 289 g/mol. The van der Waals surface area contributed by atoms with Crippen LogP contribution in [0.3, 0.4) is 0 Å². The van der Waals surface area contributed by atoms with Crippen molar-refractivity contribution in [3.63, 3.8) is 0 Å². The van der Waals surface area contributed by atoms with Gasteiger partial charge in [-0.05, 0) is 19.1 Å². The van der Waals surface area contributed by atoms with E-state index in [1.54, 1.807) is 6.92 Å². The second kappa shape index (κ2) is 7.08. The van der Waals surface area contributed by atoms with Crippen LogP contribution in [0, 0.1) is 11.6 Å². The van der Waals surface area contributed by atoms with Crippen LogP contribution in [-0.4, -0.2) is 30.0 Å². The monoisotopic (exact) mass is 289 g/mol. The van der Waals surface area contributed by atoms with Crippen molar-refractivity contribution in [2.24, 2.45) is 0 Å². The van der Waals surface area contributed by atoms with Crippen molar-refractivity contribution in [3.8, 4) is 0 Å². The number of amides is 1. The molecule has 0 bridgehead atoms. The van der Waals surface area contributed by atoms with Crippen molar-refractivity contribution in [3.05, 3.63) is 29.8 Å². The van der Waals surface area contributed by atoms with Gasteiger partial charge in [-0.3, -0.25) is 9.59 Å². The molecule has 0 radical (unpaired) electrons. The lowest BCUT2D eigenvalue weighted by Crippen LogP contribution is -2.20. The van der Waals surface area contributed by atoms with E-state index in [9.17, 15) is 18.4 Å². The zero-order valence-corrected chi connectivity index (χ0v) is 11.2. The van der Waals surface area contributed by atoms with Crippen LogP contribution in [0.5, 0.6) is 0 Å². The molecule has 1 atom stereocenters. The first-order valence-electron chi connectivity index (χ1n) is 5.38. The number of ether oxygens (including phenoxy) is 1. The Morgan fingerprint density at radius 1 is 1.42 bits per heavy atom. The number of rotatable bonds is 5. The number of nitrogens with one attached hydrogen (secondary N) is 1. The molecule has 0 heterocycles. The second-order valence-electron chi connectivity index (χ2n) is 3.65. The summed E-state index contributed by atoms with van der Waals surface area (Å²) in [5.74, 6) is -2.52. The van der Waals surface area contributed by atoms with E-state index in [1.807, 2.05) is 0 Å². The van der Waals surface area contributed by atoms with Crippen LogP contribution in [0.15, 0.2) is 18.2 Å². The lowest BCUT2D eigenvalue weighted by molar-refractivity contribution is -0.139. The summed E-state index contributed by atoms with van der Waals surface area (Å²) in [5, 5.41) is 1.80. The summed E-state index contributed by atoms with van der Waals surface area (Å²) in [7, 11) is 1.26. The van der Waals surface area contributed by atoms with Crippen LogP contribution in [-0.2, 0) is 14.3 Å². The van der Waals surface area contributed by atoms with Crippen molar-refractivity contribution in [1.29, 1.82) is 0 Å². The van der Waals surface area contributed by atoms with Crippen LogP contribution in [0.4, 0.5) is 14.5 Å². The third-order valence-electron chi connectivity index (χ3n) is 2.20. The molecule has 7 heteroatoms. The van der Waals surface area contributed by atoms with Crippen LogP contribution in [0.2, 0.25) is 0 Å². The van der Waals surface area contributed by atoms with Crippen molar-refractivity contribution in [1.82, 2.24) is 0 Å². The zero-order chi connectivity index (χ0) is 14.4. The molecule has 0 saturated carbocycles. The van der Waals surface area contributed by atoms with Crippen LogP contribution in [0.25, 0.3) is 0 Å². The lowest BCUT2D eigenvalue weighted by Gasteiger charge is -2.09. The number of halogens is 2. The summed E-state index contributed by atoms with van der Waals surface area (Å²) in [6, 6.07) is 2.86. The summed E-state index contributed by atoms with van der Waals surface area (Å²) < 4.78 is 30.4. The first-order chi connectivity index (χ1) is 8.93. The predicted octanol–water partition coefficient (Wildman–Crippen LogP) is 2.20. The highest BCUT2D eigenvalue weighted by Gasteiger charge is 2.16. The fourth-order valence-corrected chi connectivity index (χ4v) is 1.92. The summed E-state index contributed by atoms with van der Waals surface area (Å²) in [6.07, 6.45) is 0. The maximum Gasteiger partial charge on any atom is 0.318 e. The fraction of sp³-hybridized carbons (Fsp3) is 0.333. The Bertz CT molecular complexity index is 482. The van der Waals surface area contributed by atoms with Gasteiger partial charge >= 0.3 is 5.97 Å². The number of hydrogen-bond acceptors (Lipinski definition) is 4. The third kappa shape index (κ3) is 4.86. The molecule has 1 aromatic carbocycles. The predicted molar refractivity (Wildman–Crippen MR) is 68.9 cm³/mol. The molecule has 19 heavy (non-hydrogen) atoms. The number of carbonyl (C=O) groups excluding carboxylic acids is 2. The molecule has 0 aliphatic heterocycles. The van der Waals surface area contributed by atoms with Gasteiger partial charge in [-0.2, -0.15) is 0 Å². The number of hydrogen-bond donors (Lipinski definition) is 1. The van der Waals surface area contributed by atoms with Gasteiger partial charge in [0.25, 0.3) is 0 Å². The van der Waals surface area contributed by atoms with E-state index in [1.165, 1.54) is 7.11 Å². The van der Waals surface area contributed by atoms with Gasteiger partial charge in [-0.25, -0.2) is 8.78 Å². The molecule has 0 aliphatic carbocycles. The van der Waals surface area contributed by atoms with E-state index >= 15 is 0 Å². The molecule has 104 valence electrons. The van der Waals surface area contributed by atoms with Gasteiger partial charge in [-0.15, -0.1) is 11.8 Å². The van der Waals surface area contributed by atoms with Gasteiger partial charge < -0.3 is 10.1 Å². The van der Waals surface area contributed by atoms with E-state index in [2.05, 4.69) is 10.1 Å². The Kier molecular flexibility index (Phi) is 5.75. The van der Waals surface area contributed by atoms with Crippen LogP contribution < -0.4 is 5.32 Å². The van der Waals surface area contributed by atoms with Crippen LogP contribution >= 0.6 is 11.8 Å². The standard InChI is InChI=1S/C12H13F2NO3S/c1-7(12(17)18-2)19-6-11(16)15-10-4-3-8(13)5-9(10)14/h3-5,7H,6H2,1-2H3,(H,15,16). The average Bonchev–Trinajstić information content (AvgIpc) is 2.38. The number of thioether (sulfide) groups is 1. The highest BCUT2D eigenvalue weighted by atomic mass is 32.2. The molecule has 0 aromatic heterocycles. The van der Waals surface area contributed by atoms with Gasteiger partial charge in [-0.1, -0.05) is 0 Å². The minimum absolute atomic E-state index is 0.0346. The molecule has 1 unspecified atom stereocenters. The molecule has 1 rings (SSSR count). The summed E-state index contributed by atoms with van der Waals surface area (Å²) >= 11 is 1.06. The van der Waals surface area contributed by atoms with E-state index < -0.39 is 28.8 Å². The summed E-state index contributed by atoms with van der Waals surface area (Å²) in [6.45, 7) is 1.60. The van der Waals surface area contributed by atoms with Gasteiger partial charge in [0.1, 0.15) is 16.9 Å². The Hall–Kier alpha value is -1.63. The molecule has 1 amide bonds. The van der Waals surface area contributed by atoms with E-state index in [0.29, 0.717) is 6.07 Å². The minimum atomic E-state index is -0.848. The Morgan fingerprint density at radius 2 is 2.11 bits per heavy atom.